The Kier molecular flexibility index (Phi) is 5.61. The molecule has 0 saturated carbocycles. The van der Waals surface area contributed by atoms with Crippen LogP contribution in [0.15, 0.2) is 94.8 Å². The fourth-order valence-corrected chi connectivity index (χ4v) is 5.89. The lowest BCUT2D eigenvalue weighted by molar-refractivity contribution is 0.00578. The van der Waals surface area contributed by atoms with Crippen LogP contribution in [0.2, 0.25) is 0 Å². The van der Waals surface area contributed by atoms with Crippen molar-refractivity contribution in [2.45, 2.75) is 64.1 Å². The Labute approximate surface area is 235 Å². The summed E-state index contributed by atoms with van der Waals surface area (Å²) < 4.78 is 19.0. The van der Waals surface area contributed by atoms with E-state index in [0.29, 0.717) is 5.89 Å². The normalized spacial score (nSPS) is 22.2. The quantitative estimate of drug-likeness (QED) is 0.174. The highest BCUT2D eigenvalue weighted by Gasteiger charge is 2.52. The monoisotopic (exact) mass is 528 g/mol. The molecular formula is C34H33BN2O3. The molecule has 2 aromatic heterocycles. The highest BCUT2D eigenvalue weighted by molar-refractivity contribution is 6.55. The van der Waals surface area contributed by atoms with Crippen molar-refractivity contribution in [3.63, 3.8) is 0 Å². The van der Waals surface area contributed by atoms with E-state index in [4.69, 9.17) is 23.7 Å². The van der Waals surface area contributed by atoms with Crippen molar-refractivity contribution in [3.05, 3.63) is 96.1 Å². The molecule has 0 bridgehead atoms. The second-order valence-electron chi connectivity index (χ2n) is 12.3. The number of allylic oxidation sites excluding steroid dienone is 4. The lowest BCUT2D eigenvalue weighted by Crippen LogP contribution is -2.41. The van der Waals surface area contributed by atoms with Crippen LogP contribution in [0.25, 0.3) is 44.2 Å². The summed E-state index contributed by atoms with van der Waals surface area (Å²) >= 11 is 0. The van der Waals surface area contributed by atoms with Gasteiger partial charge in [0.25, 0.3) is 0 Å². The van der Waals surface area contributed by atoms with Gasteiger partial charge in [-0.15, -0.1) is 0 Å². The minimum atomic E-state index is -0.379. The molecule has 40 heavy (non-hydrogen) atoms. The smallest absolute Gasteiger partial charge is 0.436 e. The van der Waals surface area contributed by atoms with E-state index in [9.17, 15) is 0 Å². The first-order chi connectivity index (χ1) is 19.2. The lowest BCUT2D eigenvalue weighted by Gasteiger charge is -2.32. The summed E-state index contributed by atoms with van der Waals surface area (Å²) in [6.07, 6.45) is 8.53. The van der Waals surface area contributed by atoms with Crippen LogP contribution in [0.3, 0.4) is 0 Å². The van der Waals surface area contributed by atoms with Crippen LogP contribution in [0.4, 0.5) is 0 Å². The van der Waals surface area contributed by atoms with E-state index >= 15 is 0 Å². The molecule has 1 fully saturated rings. The molecule has 1 atom stereocenters. The first-order valence-corrected chi connectivity index (χ1v) is 14.1. The van der Waals surface area contributed by atoms with Gasteiger partial charge in [-0.3, -0.25) is 4.98 Å². The predicted molar refractivity (Wildman–Crippen MR) is 162 cm³/mol. The van der Waals surface area contributed by atoms with Crippen molar-refractivity contribution < 1.29 is 13.7 Å². The average molecular weight is 528 g/mol. The number of nitrogens with zero attached hydrogens (tertiary/aromatic N) is 2. The Morgan fingerprint density at radius 3 is 2.27 bits per heavy atom. The van der Waals surface area contributed by atoms with Gasteiger partial charge < -0.3 is 13.7 Å². The molecule has 1 aliphatic heterocycles. The summed E-state index contributed by atoms with van der Waals surface area (Å²) in [6, 6.07) is 22.6. The Hall–Kier alpha value is -3.74. The summed E-state index contributed by atoms with van der Waals surface area (Å²) in [5.74, 6) is 0.627. The maximum atomic E-state index is 6.37. The van der Waals surface area contributed by atoms with Gasteiger partial charge in [-0.2, -0.15) is 0 Å². The van der Waals surface area contributed by atoms with Crippen molar-refractivity contribution in [3.8, 4) is 11.5 Å². The SMILES string of the molecule is CC1(c2nc3ccccc3c3c2ccc2oc(-c4ccccc4)nc23)C=CC(B2OC(C)(C)C(C)(C)O2)=CCC1. The van der Waals surface area contributed by atoms with E-state index in [0.717, 1.165) is 62.3 Å². The standard InChI is InChI=1S/C34H33BN2O3/c1-32(2)33(3,4)40-35(39-32)23-14-11-20-34(5,21-19-23)30-25-17-18-27-29(28(25)24-15-9-10-16-26(24)36-30)37-31(38-27)22-12-7-6-8-13-22/h6-10,12-19,21H,11,20H2,1-5H3. The fraction of sp³-hybridized carbons (Fsp3) is 0.294. The summed E-state index contributed by atoms with van der Waals surface area (Å²) in [5.41, 5.74) is 4.63. The zero-order chi connectivity index (χ0) is 27.7. The molecule has 3 heterocycles. The number of rotatable bonds is 3. The van der Waals surface area contributed by atoms with E-state index in [1.807, 2.05) is 42.5 Å². The number of oxazole rings is 1. The largest absolute Gasteiger partial charge is 0.494 e. The molecule has 0 spiro atoms. The number of para-hydroxylation sites is 1. The van der Waals surface area contributed by atoms with E-state index < -0.39 is 0 Å². The zero-order valence-corrected chi connectivity index (χ0v) is 23.7. The Morgan fingerprint density at radius 1 is 0.775 bits per heavy atom. The third-order valence-corrected chi connectivity index (χ3v) is 9.00. The molecule has 3 aromatic carbocycles. The van der Waals surface area contributed by atoms with Crippen LogP contribution >= 0.6 is 0 Å². The molecule has 1 aliphatic carbocycles. The second-order valence-corrected chi connectivity index (χ2v) is 12.3. The Morgan fingerprint density at radius 2 is 1.50 bits per heavy atom. The topological polar surface area (TPSA) is 57.4 Å². The minimum absolute atomic E-state index is 0.302. The van der Waals surface area contributed by atoms with E-state index in [1.54, 1.807) is 0 Å². The zero-order valence-electron chi connectivity index (χ0n) is 23.7. The van der Waals surface area contributed by atoms with Gasteiger partial charge in [0.2, 0.25) is 5.89 Å². The molecule has 6 heteroatoms. The Bertz CT molecular complexity index is 1820. The molecule has 1 unspecified atom stereocenters. The molecule has 5 aromatic rings. The van der Waals surface area contributed by atoms with Gasteiger partial charge in [0.15, 0.2) is 5.58 Å². The van der Waals surface area contributed by atoms with Crippen LogP contribution < -0.4 is 0 Å². The van der Waals surface area contributed by atoms with Crippen LogP contribution in [-0.2, 0) is 14.7 Å². The van der Waals surface area contributed by atoms with Gasteiger partial charge in [0.05, 0.1) is 22.4 Å². The first kappa shape index (κ1) is 25.2. The number of aromatic nitrogens is 2. The van der Waals surface area contributed by atoms with Gasteiger partial charge in [0, 0.05) is 27.1 Å². The fourth-order valence-electron chi connectivity index (χ4n) is 5.89. The molecule has 200 valence electrons. The maximum absolute atomic E-state index is 6.37. The van der Waals surface area contributed by atoms with E-state index in [1.165, 1.54) is 0 Å². The van der Waals surface area contributed by atoms with Gasteiger partial charge in [-0.05, 0) is 76.3 Å². The third kappa shape index (κ3) is 3.93. The number of hydrogen-bond acceptors (Lipinski definition) is 5. The van der Waals surface area contributed by atoms with Gasteiger partial charge in [-0.1, -0.05) is 61.5 Å². The number of benzene rings is 3. The number of fused-ring (bicyclic) bond motifs is 5. The number of pyridine rings is 1. The van der Waals surface area contributed by atoms with E-state index in [2.05, 4.69) is 77.1 Å². The van der Waals surface area contributed by atoms with Crippen LogP contribution in [0.5, 0.6) is 0 Å². The predicted octanol–water partition coefficient (Wildman–Crippen LogP) is 8.36. The van der Waals surface area contributed by atoms with Crippen LogP contribution in [0, 0.1) is 0 Å². The molecule has 2 aliphatic rings. The molecule has 0 amide bonds. The van der Waals surface area contributed by atoms with Crippen molar-refractivity contribution in [2.24, 2.45) is 0 Å². The summed E-state index contributed by atoms with van der Waals surface area (Å²) in [7, 11) is -0.379. The third-order valence-electron chi connectivity index (χ3n) is 9.00. The molecule has 0 radical (unpaired) electrons. The summed E-state index contributed by atoms with van der Waals surface area (Å²) in [5, 5.41) is 3.27. The average Bonchev–Trinajstić information content (AvgIpc) is 3.39. The van der Waals surface area contributed by atoms with Gasteiger partial charge in [-0.25, -0.2) is 4.98 Å². The van der Waals surface area contributed by atoms with Gasteiger partial charge >= 0.3 is 7.12 Å². The summed E-state index contributed by atoms with van der Waals surface area (Å²) in [4.78, 5) is 10.3. The first-order valence-electron chi connectivity index (χ1n) is 14.1. The molecule has 5 nitrogen and oxygen atoms in total. The van der Waals surface area contributed by atoms with E-state index in [-0.39, 0.29) is 23.7 Å². The van der Waals surface area contributed by atoms with Crippen molar-refractivity contribution in [1.82, 2.24) is 9.97 Å². The maximum Gasteiger partial charge on any atom is 0.494 e. The Balaban J connectivity index is 1.37. The molecular weight excluding hydrogens is 495 g/mol. The van der Waals surface area contributed by atoms with Crippen molar-refractivity contribution in [1.29, 1.82) is 0 Å². The van der Waals surface area contributed by atoms with Crippen molar-refractivity contribution >= 4 is 39.9 Å². The lowest BCUT2D eigenvalue weighted by atomic mass is 9.77. The van der Waals surface area contributed by atoms with Gasteiger partial charge in [0.1, 0.15) is 5.52 Å². The summed E-state index contributed by atoms with van der Waals surface area (Å²) in [6.45, 7) is 10.7. The van der Waals surface area contributed by atoms with Crippen molar-refractivity contribution in [2.75, 3.05) is 0 Å². The molecule has 0 N–H and O–H groups in total. The second kappa shape index (κ2) is 8.88. The molecule has 1 saturated heterocycles. The minimum Gasteiger partial charge on any atom is -0.436 e. The van der Waals surface area contributed by atoms with Crippen LogP contribution in [0.1, 0.15) is 53.2 Å². The number of hydrogen-bond donors (Lipinski definition) is 0. The highest BCUT2D eigenvalue weighted by atomic mass is 16.7. The van der Waals surface area contributed by atoms with Crippen LogP contribution in [-0.4, -0.2) is 28.3 Å². The highest BCUT2D eigenvalue weighted by Crippen LogP contribution is 2.43. The molecule has 7 rings (SSSR count).